The predicted molar refractivity (Wildman–Crippen MR) is 113 cm³/mol. The monoisotopic (exact) mass is 491 g/mol. The number of allylic oxidation sites excluding steroid dienone is 1. The lowest BCUT2D eigenvalue weighted by Crippen LogP contribution is -2.24. The Morgan fingerprint density at radius 3 is 1.97 bits per heavy atom. The van der Waals surface area contributed by atoms with E-state index in [2.05, 4.69) is 10.1 Å². The largest absolute Gasteiger partial charge is 0.466 e. The molecule has 0 radical (unpaired) electrons. The Morgan fingerprint density at radius 2 is 1.47 bits per heavy atom. The summed E-state index contributed by atoms with van der Waals surface area (Å²) in [7, 11) is -11.6. The van der Waals surface area contributed by atoms with Crippen molar-refractivity contribution in [3.63, 3.8) is 0 Å². The highest BCUT2D eigenvalue weighted by atomic mass is 31.3. The Balaban J connectivity index is 5.35. The molecule has 3 unspecified atom stereocenters. The summed E-state index contributed by atoms with van der Waals surface area (Å²) in [5, 5.41) is 2.58. The average Bonchev–Trinajstić information content (AvgIpc) is 2.58. The third-order valence-electron chi connectivity index (χ3n) is 3.29. The first-order chi connectivity index (χ1) is 13.8. The molecule has 30 heavy (non-hydrogen) atoms. The van der Waals surface area contributed by atoms with Gasteiger partial charge in [-0.1, -0.05) is 20.8 Å². The Kier molecular flexibility index (Phi) is 13.0. The molecule has 0 heterocycles. The van der Waals surface area contributed by atoms with Gasteiger partial charge in [-0.15, -0.1) is 0 Å². The number of rotatable bonds is 15. The highest BCUT2D eigenvalue weighted by Crippen LogP contribution is 2.71. The molecule has 0 aromatic carbocycles. The normalized spacial score (nSPS) is 17.9. The number of hydrogen-bond donors (Lipinski definition) is 2. The summed E-state index contributed by atoms with van der Waals surface area (Å²) in [6, 6.07) is 0. The van der Waals surface area contributed by atoms with Crippen molar-refractivity contribution >= 4 is 34.7 Å². The van der Waals surface area contributed by atoms with Gasteiger partial charge in [0, 0.05) is 11.8 Å². The van der Waals surface area contributed by atoms with Crippen LogP contribution in [0.15, 0.2) is 11.8 Å². The van der Waals surface area contributed by atoms with Crippen LogP contribution in [0.3, 0.4) is 0 Å². The smallest absolute Gasteiger partial charge is 0.388 e. The molecule has 0 spiro atoms. The van der Waals surface area contributed by atoms with Crippen molar-refractivity contribution in [2.45, 2.75) is 47.0 Å². The van der Waals surface area contributed by atoms with Crippen LogP contribution in [0.5, 0.6) is 0 Å². The van der Waals surface area contributed by atoms with Crippen LogP contribution < -0.4 is 5.32 Å². The minimum absolute atomic E-state index is 0.252. The van der Waals surface area contributed by atoms with Crippen molar-refractivity contribution in [3.05, 3.63) is 11.8 Å². The molecule has 0 aliphatic carbocycles. The fourth-order valence-corrected chi connectivity index (χ4v) is 9.17. The van der Waals surface area contributed by atoms with Crippen LogP contribution in [0.4, 0.5) is 0 Å². The number of methoxy groups -OCH3 is 1. The van der Waals surface area contributed by atoms with E-state index in [1.807, 2.05) is 0 Å². The van der Waals surface area contributed by atoms with Crippen LogP contribution >= 0.6 is 22.8 Å². The average molecular weight is 491 g/mol. The van der Waals surface area contributed by atoms with Crippen LogP contribution in [0.25, 0.3) is 0 Å². The first-order valence-corrected chi connectivity index (χ1v) is 14.7. The van der Waals surface area contributed by atoms with Gasteiger partial charge in [-0.25, -0.2) is 22.8 Å². The summed E-state index contributed by atoms with van der Waals surface area (Å²) in [5.74, 6) is -1.63. The van der Waals surface area contributed by atoms with Crippen LogP contribution in [-0.2, 0) is 41.2 Å². The number of esters is 1. The minimum Gasteiger partial charge on any atom is -0.466 e. The van der Waals surface area contributed by atoms with Crippen molar-refractivity contribution in [2.24, 2.45) is 0 Å². The lowest BCUT2D eigenvalue weighted by atomic mass is 10.4. The van der Waals surface area contributed by atoms with Gasteiger partial charge in [0.1, 0.15) is 6.54 Å². The van der Waals surface area contributed by atoms with Crippen molar-refractivity contribution in [2.75, 3.05) is 32.1 Å². The number of hydrogen-bond acceptors (Lipinski definition) is 10. The zero-order valence-corrected chi connectivity index (χ0v) is 20.7. The molecule has 0 saturated heterocycles. The van der Waals surface area contributed by atoms with E-state index < -0.39 is 41.3 Å². The Hall–Kier alpha value is -0.950. The molecule has 11 nitrogen and oxygen atoms in total. The van der Waals surface area contributed by atoms with Gasteiger partial charge in [0.25, 0.3) is 0 Å². The molecule has 0 amide bonds. The molecular formula is C16H32NO10P3. The van der Waals surface area contributed by atoms with Gasteiger partial charge in [-0.3, -0.25) is 9.13 Å². The van der Waals surface area contributed by atoms with Crippen molar-refractivity contribution in [1.82, 2.24) is 5.32 Å². The fourth-order valence-electron chi connectivity index (χ4n) is 2.14. The molecule has 0 rings (SSSR count). The second kappa shape index (κ2) is 13.5. The number of ether oxygens (including phenoxy) is 1. The SMILES string of the molecule is CCCP(=O)(O)OP(=O)(CCC)OP(=O)(CCC)OC(=O)CN/C(C)=C\C(=O)OC. The van der Waals surface area contributed by atoms with Gasteiger partial charge in [0.2, 0.25) is 0 Å². The number of carbonyl (C=O) groups is 2. The van der Waals surface area contributed by atoms with Crippen molar-refractivity contribution in [1.29, 1.82) is 0 Å². The van der Waals surface area contributed by atoms with Gasteiger partial charge in [-0.05, 0) is 26.2 Å². The molecule has 0 saturated carbocycles. The van der Waals surface area contributed by atoms with E-state index in [1.54, 1.807) is 20.8 Å². The highest BCUT2D eigenvalue weighted by molar-refractivity contribution is 7.72. The van der Waals surface area contributed by atoms with Gasteiger partial charge in [-0.2, -0.15) is 0 Å². The van der Waals surface area contributed by atoms with Crippen LogP contribution in [0, 0.1) is 0 Å². The topological polar surface area (TPSA) is 155 Å². The minimum atomic E-state index is -4.29. The second-order valence-electron chi connectivity index (χ2n) is 6.36. The Labute approximate surface area is 177 Å². The maximum Gasteiger partial charge on any atom is 0.388 e. The summed E-state index contributed by atoms with van der Waals surface area (Å²) in [6.07, 6.45) is 1.14. The molecule has 0 aromatic heterocycles. The fraction of sp³-hybridized carbons (Fsp3) is 0.750. The third kappa shape index (κ3) is 12.0. The lowest BCUT2D eigenvalue weighted by molar-refractivity contribution is -0.135. The zero-order valence-electron chi connectivity index (χ0n) is 18.0. The molecule has 176 valence electrons. The van der Waals surface area contributed by atoms with Crippen LogP contribution in [0.2, 0.25) is 0 Å². The van der Waals surface area contributed by atoms with E-state index in [1.165, 1.54) is 14.0 Å². The van der Waals surface area contributed by atoms with E-state index in [9.17, 15) is 28.2 Å². The van der Waals surface area contributed by atoms with E-state index in [0.29, 0.717) is 12.1 Å². The molecule has 0 aliphatic rings. The van der Waals surface area contributed by atoms with E-state index in [0.717, 1.165) is 6.08 Å². The maximum atomic E-state index is 13.0. The zero-order chi connectivity index (χ0) is 23.4. The first-order valence-electron chi connectivity index (χ1n) is 9.49. The van der Waals surface area contributed by atoms with Gasteiger partial charge < -0.3 is 19.5 Å². The van der Waals surface area contributed by atoms with E-state index >= 15 is 0 Å². The van der Waals surface area contributed by atoms with Crippen molar-refractivity contribution in [3.8, 4) is 0 Å². The van der Waals surface area contributed by atoms with Gasteiger partial charge in [0.05, 0.1) is 25.6 Å². The number of carbonyl (C=O) groups excluding carboxylic acids is 2. The number of nitrogens with one attached hydrogen (secondary N) is 1. The summed E-state index contributed by atoms with van der Waals surface area (Å²) in [5.41, 5.74) is 0.297. The Bertz CT molecular complexity index is 752. The van der Waals surface area contributed by atoms with Crippen LogP contribution in [-0.4, -0.2) is 49.0 Å². The molecule has 0 aromatic rings. The second-order valence-corrected chi connectivity index (χ2v) is 12.9. The maximum absolute atomic E-state index is 13.0. The predicted octanol–water partition coefficient (Wildman–Crippen LogP) is 4.03. The summed E-state index contributed by atoms with van der Waals surface area (Å²) in [6.45, 7) is 5.97. The molecule has 0 bridgehead atoms. The molecule has 3 atom stereocenters. The van der Waals surface area contributed by atoms with E-state index in [4.69, 9.17) is 13.1 Å². The summed E-state index contributed by atoms with van der Waals surface area (Å²) >= 11 is 0. The summed E-state index contributed by atoms with van der Waals surface area (Å²) in [4.78, 5) is 33.1. The third-order valence-corrected chi connectivity index (χ3v) is 10.8. The van der Waals surface area contributed by atoms with Gasteiger partial charge >= 0.3 is 34.7 Å². The first kappa shape index (κ1) is 29.1. The summed E-state index contributed by atoms with van der Waals surface area (Å²) < 4.78 is 57.5. The molecule has 0 aliphatic heterocycles. The van der Waals surface area contributed by atoms with Crippen LogP contribution in [0.1, 0.15) is 47.0 Å². The Morgan fingerprint density at radius 1 is 0.933 bits per heavy atom. The quantitative estimate of drug-likeness (QED) is 0.194. The molecule has 14 heteroatoms. The van der Waals surface area contributed by atoms with Crippen molar-refractivity contribution < 1.29 is 46.1 Å². The molecule has 2 N–H and O–H groups in total. The van der Waals surface area contributed by atoms with E-state index in [-0.39, 0.29) is 31.3 Å². The molecule has 0 fully saturated rings. The van der Waals surface area contributed by atoms with Gasteiger partial charge in [0.15, 0.2) is 0 Å². The highest BCUT2D eigenvalue weighted by Gasteiger charge is 2.42. The molecular weight excluding hydrogens is 459 g/mol. The standard InChI is InChI=1S/C16H32NO10P3/c1-6-9-28(20,21)26-30(23,11-8-3)27-29(22,10-7-2)25-16(19)13-17-14(4)12-15(18)24-5/h12,17H,6-11,13H2,1-5H3,(H,20,21)/b14-12-. The lowest BCUT2D eigenvalue weighted by Gasteiger charge is -2.25.